The Morgan fingerprint density at radius 3 is 2.61 bits per heavy atom. The van der Waals surface area contributed by atoms with Crippen molar-refractivity contribution in [3.63, 3.8) is 0 Å². The fourth-order valence-corrected chi connectivity index (χ4v) is 4.40. The zero-order valence-corrected chi connectivity index (χ0v) is 19.3. The Morgan fingerprint density at radius 2 is 1.87 bits per heavy atom. The molecule has 0 unspecified atom stereocenters. The Bertz CT molecular complexity index is 905. The van der Waals surface area contributed by atoms with Gasteiger partial charge in [0, 0.05) is 6.54 Å². The Morgan fingerprint density at radius 1 is 1.13 bits per heavy atom. The molecule has 7 heteroatoms. The first-order valence-electron chi connectivity index (χ1n) is 12.2. The van der Waals surface area contributed by atoms with Crippen molar-refractivity contribution in [1.29, 1.82) is 0 Å². The molecular formula is C24H39N5O2. The number of hydrogen-bond donors (Lipinski definition) is 2. The van der Waals surface area contributed by atoms with Gasteiger partial charge in [0.15, 0.2) is 11.5 Å². The number of imidazole rings is 1. The van der Waals surface area contributed by atoms with Crippen molar-refractivity contribution in [2.24, 2.45) is 0 Å². The molecule has 172 valence electrons. The Balaban J connectivity index is 1.55. The van der Waals surface area contributed by atoms with Crippen molar-refractivity contribution in [3.8, 4) is 6.01 Å². The first kappa shape index (κ1) is 23.4. The Labute approximate surface area is 185 Å². The summed E-state index contributed by atoms with van der Waals surface area (Å²) >= 11 is 0. The summed E-state index contributed by atoms with van der Waals surface area (Å²) in [6, 6.07) is 0.240. The maximum Gasteiger partial charge on any atom is 0.327 e. The fourth-order valence-electron chi connectivity index (χ4n) is 4.40. The van der Waals surface area contributed by atoms with Crippen LogP contribution in [0.4, 0.5) is 5.82 Å². The van der Waals surface area contributed by atoms with Crippen molar-refractivity contribution in [1.82, 2.24) is 19.5 Å². The van der Waals surface area contributed by atoms with Gasteiger partial charge >= 0.3 is 11.7 Å². The average molecular weight is 430 g/mol. The number of nitrogen functional groups attached to an aromatic ring is 1. The second-order valence-corrected chi connectivity index (χ2v) is 8.87. The second-order valence-electron chi connectivity index (χ2n) is 8.87. The summed E-state index contributed by atoms with van der Waals surface area (Å²) in [4.78, 5) is 23.9. The van der Waals surface area contributed by atoms with E-state index in [1.54, 1.807) is 10.1 Å². The minimum Gasteiger partial charge on any atom is -0.460 e. The van der Waals surface area contributed by atoms with Crippen molar-refractivity contribution in [3.05, 3.63) is 22.1 Å². The molecule has 1 aliphatic rings. The molecule has 2 aromatic rings. The summed E-state index contributed by atoms with van der Waals surface area (Å²) in [6.45, 7) is 4.72. The molecule has 1 atom stereocenters. The molecule has 1 aliphatic carbocycles. The number of nitrogens with one attached hydrogen (secondary N) is 1. The first-order chi connectivity index (χ1) is 15.1. The first-order valence-corrected chi connectivity index (χ1v) is 12.2. The predicted molar refractivity (Wildman–Crippen MR) is 126 cm³/mol. The van der Waals surface area contributed by atoms with E-state index < -0.39 is 0 Å². The number of allylic oxidation sites excluding steroid dienone is 2. The van der Waals surface area contributed by atoms with Gasteiger partial charge in [0.05, 0.1) is 6.10 Å². The van der Waals surface area contributed by atoms with Crippen LogP contribution in [0, 0.1) is 0 Å². The summed E-state index contributed by atoms with van der Waals surface area (Å²) in [7, 11) is 0. The predicted octanol–water partition coefficient (Wildman–Crippen LogP) is 5.50. The number of unbranched alkanes of at least 4 members (excludes halogenated alkanes) is 3. The van der Waals surface area contributed by atoms with Gasteiger partial charge < -0.3 is 15.5 Å². The highest BCUT2D eigenvalue weighted by Crippen LogP contribution is 2.23. The molecule has 1 fully saturated rings. The van der Waals surface area contributed by atoms with Gasteiger partial charge in [-0.2, -0.15) is 9.97 Å². The number of nitrogens with two attached hydrogens (primary N) is 1. The molecule has 0 bridgehead atoms. The average Bonchev–Trinajstić information content (AvgIpc) is 3.02. The van der Waals surface area contributed by atoms with Crippen LogP contribution in [0.15, 0.2) is 16.4 Å². The van der Waals surface area contributed by atoms with Crippen molar-refractivity contribution in [2.45, 2.75) is 110 Å². The maximum absolute atomic E-state index is 12.4. The standard InChI is InChI=1S/C24H39N5O2/c1-3-13-18(2)31-23-27-21(25)20-22(28-23)29(24(30)26-20)17-12-8-7-11-16-19-14-9-5-4-6-10-15-19/h16,18H,3-15,17H2,1-2H3,(H,26,30)(H2,25,27,28)/t18-/m0/s1. The van der Waals surface area contributed by atoms with Crippen LogP contribution in [0.1, 0.15) is 97.3 Å². The van der Waals surface area contributed by atoms with E-state index in [0.717, 1.165) is 38.5 Å². The smallest absolute Gasteiger partial charge is 0.327 e. The molecule has 0 spiro atoms. The molecule has 2 aromatic heterocycles. The molecule has 0 aromatic carbocycles. The van der Waals surface area contributed by atoms with E-state index in [-0.39, 0.29) is 23.6 Å². The molecule has 3 rings (SSSR count). The largest absolute Gasteiger partial charge is 0.460 e. The minimum absolute atomic E-state index is 0.00734. The normalized spacial score (nSPS) is 16.1. The maximum atomic E-state index is 12.4. The third-order valence-electron chi connectivity index (χ3n) is 6.15. The monoisotopic (exact) mass is 429 g/mol. The minimum atomic E-state index is -0.189. The SMILES string of the molecule is CCC[C@H](C)Oc1nc(N)c2[nH]c(=O)n(CCCCCC=C3CCCCCCC3)c2n1. The van der Waals surface area contributed by atoms with Gasteiger partial charge in [-0.15, -0.1) is 0 Å². The molecule has 0 amide bonds. The van der Waals surface area contributed by atoms with E-state index in [1.807, 2.05) is 6.92 Å². The van der Waals surface area contributed by atoms with E-state index in [9.17, 15) is 4.79 Å². The fraction of sp³-hybridized carbons (Fsp3) is 0.708. The molecular weight excluding hydrogens is 390 g/mol. The zero-order chi connectivity index (χ0) is 22.1. The molecule has 31 heavy (non-hydrogen) atoms. The van der Waals surface area contributed by atoms with Gasteiger partial charge in [0.25, 0.3) is 0 Å². The lowest BCUT2D eigenvalue weighted by molar-refractivity contribution is 0.193. The number of ether oxygens (including phenoxy) is 1. The number of nitrogens with zero attached hydrogens (tertiary/aromatic N) is 3. The number of fused-ring (bicyclic) bond motifs is 1. The van der Waals surface area contributed by atoms with Gasteiger partial charge in [-0.25, -0.2) is 4.79 Å². The quantitative estimate of drug-likeness (QED) is 0.384. The molecule has 0 aliphatic heterocycles. The van der Waals surface area contributed by atoms with Crippen molar-refractivity contribution >= 4 is 17.0 Å². The molecule has 1 saturated carbocycles. The van der Waals surface area contributed by atoms with Crippen molar-refractivity contribution < 1.29 is 4.74 Å². The highest BCUT2D eigenvalue weighted by atomic mass is 16.5. The summed E-state index contributed by atoms with van der Waals surface area (Å²) in [5.74, 6) is 0.255. The highest BCUT2D eigenvalue weighted by Gasteiger charge is 2.15. The van der Waals surface area contributed by atoms with Crippen LogP contribution in [0.3, 0.4) is 0 Å². The number of hydrogen-bond acceptors (Lipinski definition) is 5. The van der Waals surface area contributed by atoms with E-state index in [2.05, 4.69) is 28.0 Å². The summed E-state index contributed by atoms with van der Waals surface area (Å²) in [6.07, 6.45) is 18.2. The number of aromatic amines is 1. The Hall–Kier alpha value is -2.31. The molecule has 0 saturated heterocycles. The van der Waals surface area contributed by atoms with E-state index in [1.165, 1.54) is 44.9 Å². The van der Waals surface area contributed by atoms with Gasteiger partial charge in [-0.3, -0.25) is 4.57 Å². The van der Waals surface area contributed by atoms with E-state index in [4.69, 9.17) is 10.5 Å². The highest BCUT2D eigenvalue weighted by molar-refractivity contribution is 5.81. The van der Waals surface area contributed by atoms with E-state index in [0.29, 0.717) is 17.7 Å². The lowest BCUT2D eigenvalue weighted by atomic mass is 9.95. The van der Waals surface area contributed by atoms with Crippen LogP contribution in [0.25, 0.3) is 11.2 Å². The van der Waals surface area contributed by atoms with Gasteiger partial charge in [0.1, 0.15) is 5.52 Å². The van der Waals surface area contributed by atoms with Gasteiger partial charge in [0.2, 0.25) is 0 Å². The number of rotatable bonds is 10. The number of anilines is 1. The van der Waals surface area contributed by atoms with Crippen LogP contribution < -0.4 is 16.2 Å². The van der Waals surface area contributed by atoms with Crippen molar-refractivity contribution in [2.75, 3.05) is 5.73 Å². The number of H-pyrrole nitrogens is 1. The third kappa shape index (κ3) is 6.84. The summed E-state index contributed by atoms with van der Waals surface area (Å²) < 4.78 is 7.47. The van der Waals surface area contributed by atoms with Gasteiger partial charge in [-0.05, 0) is 58.3 Å². The van der Waals surface area contributed by atoms with Crippen LogP contribution >= 0.6 is 0 Å². The molecule has 2 heterocycles. The summed E-state index contributed by atoms with van der Waals surface area (Å²) in [5, 5.41) is 0. The van der Waals surface area contributed by atoms with Crippen LogP contribution in [0.2, 0.25) is 0 Å². The summed E-state index contributed by atoms with van der Waals surface area (Å²) in [5.41, 5.74) is 8.55. The Kier molecular flexibility index (Phi) is 8.98. The van der Waals surface area contributed by atoms with Crippen LogP contribution in [-0.2, 0) is 6.54 Å². The lowest BCUT2D eigenvalue weighted by Gasteiger charge is -2.12. The van der Waals surface area contributed by atoms with Gasteiger partial charge in [-0.1, -0.05) is 50.7 Å². The molecule has 0 radical (unpaired) electrons. The van der Waals surface area contributed by atoms with E-state index >= 15 is 0 Å². The number of aryl methyl sites for hydroxylation is 1. The molecule has 7 nitrogen and oxygen atoms in total. The molecule has 3 N–H and O–H groups in total. The zero-order valence-electron chi connectivity index (χ0n) is 19.3. The van der Waals surface area contributed by atoms with Crippen LogP contribution in [0.5, 0.6) is 6.01 Å². The lowest BCUT2D eigenvalue weighted by Crippen LogP contribution is -2.17. The topological polar surface area (TPSA) is 98.8 Å². The number of aromatic nitrogens is 4. The van der Waals surface area contributed by atoms with Crippen LogP contribution in [-0.4, -0.2) is 25.6 Å². The second kappa shape index (κ2) is 11.9. The third-order valence-corrected chi connectivity index (χ3v) is 6.15.